The average Bonchev–Trinajstić information content (AvgIpc) is 3.07. The fraction of sp³-hybridized carbons (Fsp3) is 0.333. The largest absolute Gasteiger partial charge is 0.497 e. The molecule has 1 unspecified atom stereocenters. The maximum atomic E-state index is 14.0. The molecule has 1 fully saturated rings. The number of nitrogens with zero attached hydrogens (tertiary/aromatic N) is 2. The molecule has 1 spiro atoms. The zero-order valence-electron chi connectivity index (χ0n) is 15.6. The van der Waals surface area contributed by atoms with Gasteiger partial charge in [0.15, 0.2) is 5.54 Å². The van der Waals surface area contributed by atoms with E-state index >= 15 is 0 Å². The number of hydrogen-bond acceptors (Lipinski definition) is 3. The van der Waals surface area contributed by atoms with E-state index in [0.717, 1.165) is 11.3 Å². The van der Waals surface area contributed by atoms with Crippen molar-refractivity contribution in [3.8, 4) is 5.75 Å². The lowest BCUT2D eigenvalue weighted by atomic mass is 9.84. The van der Waals surface area contributed by atoms with Gasteiger partial charge in [0.05, 0.1) is 7.11 Å². The lowest BCUT2D eigenvalue weighted by Gasteiger charge is -2.34. The Kier molecular flexibility index (Phi) is 3.94. The average molecular weight is 368 g/mol. The zero-order valence-corrected chi connectivity index (χ0v) is 15.6. The Labute approximate surface area is 157 Å². The van der Waals surface area contributed by atoms with Gasteiger partial charge in [-0.15, -0.1) is 0 Å². The van der Waals surface area contributed by atoms with Crippen molar-refractivity contribution >= 4 is 11.8 Å². The topological polar surface area (TPSA) is 49.9 Å². The SMILES string of the molecule is COc1ccc(CN2C(=O)c3cc(F)cc(C)c3C23CCN(C)C3=O)cc1. The van der Waals surface area contributed by atoms with E-state index in [9.17, 15) is 14.0 Å². The van der Waals surface area contributed by atoms with Gasteiger partial charge in [0.2, 0.25) is 0 Å². The number of ether oxygens (including phenoxy) is 1. The highest BCUT2D eigenvalue weighted by Crippen LogP contribution is 2.48. The standard InChI is InChI=1S/C21H21FN2O3/c1-13-10-15(22)11-17-18(13)21(8-9-23(2)20(21)26)24(19(17)25)12-14-4-6-16(27-3)7-5-14/h4-7,10-11H,8-9,12H2,1-3H3. The monoisotopic (exact) mass is 368 g/mol. The van der Waals surface area contributed by atoms with E-state index in [0.29, 0.717) is 29.7 Å². The molecule has 2 amide bonds. The highest BCUT2D eigenvalue weighted by Gasteiger charge is 2.59. The summed E-state index contributed by atoms with van der Waals surface area (Å²) in [6, 6.07) is 10.0. The molecule has 1 atom stereocenters. The van der Waals surface area contributed by atoms with Gasteiger partial charge < -0.3 is 14.5 Å². The Morgan fingerprint density at radius 2 is 1.89 bits per heavy atom. The molecular weight excluding hydrogens is 347 g/mol. The molecule has 2 aromatic carbocycles. The summed E-state index contributed by atoms with van der Waals surface area (Å²) in [5.41, 5.74) is 1.41. The molecule has 2 heterocycles. The molecule has 0 saturated carbocycles. The van der Waals surface area contributed by atoms with Gasteiger partial charge in [-0.05, 0) is 42.3 Å². The van der Waals surface area contributed by atoms with E-state index in [1.54, 1.807) is 30.9 Å². The fourth-order valence-electron chi connectivity index (χ4n) is 4.37. The first kappa shape index (κ1) is 17.5. The first-order valence-electron chi connectivity index (χ1n) is 8.89. The minimum Gasteiger partial charge on any atom is -0.497 e. The van der Waals surface area contributed by atoms with Crippen molar-refractivity contribution in [3.05, 3.63) is 64.5 Å². The van der Waals surface area contributed by atoms with Crippen LogP contribution in [-0.4, -0.2) is 42.3 Å². The summed E-state index contributed by atoms with van der Waals surface area (Å²) >= 11 is 0. The number of aryl methyl sites for hydroxylation is 1. The summed E-state index contributed by atoms with van der Waals surface area (Å²) in [6.07, 6.45) is 0.504. The Morgan fingerprint density at radius 3 is 2.48 bits per heavy atom. The first-order chi connectivity index (χ1) is 12.9. The van der Waals surface area contributed by atoms with Gasteiger partial charge in [-0.25, -0.2) is 4.39 Å². The Balaban J connectivity index is 1.84. The van der Waals surface area contributed by atoms with Crippen molar-refractivity contribution in [2.24, 2.45) is 0 Å². The Bertz CT molecular complexity index is 941. The van der Waals surface area contributed by atoms with Crippen molar-refractivity contribution in [2.45, 2.75) is 25.4 Å². The van der Waals surface area contributed by atoms with E-state index in [2.05, 4.69) is 0 Å². The molecule has 5 nitrogen and oxygen atoms in total. The molecule has 6 heteroatoms. The molecule has 0 aliphatic carbocycles. The summed E-state index contributed by atoms with van der Waals surface area (Å²) in [5.74, 6) is -0.149. The van der Waals surface area contributed by atoms with Gasteiger partial charge in [-0.1, -0.05) is 12.1 Å². The smallest absolute Gasteiger partial charge is 0.255 e. The second-order valence-corrected chi connectivity index (χ2v) is 7.22. The lowest BCUT2D eigenvalue weighted by Crippen LogP contribution is -2.49. The number of likely N-dealkylation sites (N-methyl/N-ethyl adjacent to an activating group) is 1. The molecule has 0 bridgehead atoms. The normalized spacial score (nSPS) is 21.3. The number of fused-ring (bicyclic) bond motifs is 2. The van der Waals surface area contributed by atoms with Gasteiger partial charge >= 0.3 is 0 Å². The van der Waals surface area contributed by atoms with E-state index in [1.165, 1.54) is 12.1 Å². The number of benzene rings is 2. The van der Waals surface area contributed by atoms with Gasteiger partial charge in [0.25, 0.3) is 11.8 Å². The summed E-state index contributed by atoms with van der Waals surface area (Å²) in [4.78, 5) is 29.7. The molecule has 140 valence electrons. The van der Waals surface area contributed by atoms with Crippen LogP contribution in [0.2, 0.25) is 0 Å². The molecule has 2 aliphatic heterocycles. The second kappa shape index (κ2) is 6.08. The van der Waals surface area contributed by atoms with Crippen LogP contribution in [0.25, 0.3) is 0 Å². The Morgan fingerprint density at radius 1 is 1.19 bits per heavy atom. The molecule has 0 radical (unpaired) electrons. The number of carbonyl (C=O) groups is 2. The van der Waals surface area contributed by atoms with Crippen molar-refractivity contribution in [1.82, 2.24) is 9.80 Å². The van der Waals surface area contributed by atoms with E-state index in [-0.39, 0.29) is 18.4 Å². The third-order valence-electron chi connectivity index (χ3n) is 5.66. The molecular formula is C21H21FN2O3. The van der Waals surface area contributed by atoms with Crippen LogP contribution in [0, 0.1) is 12.7 Å². The zero-order chi connectivity index (χ0) is 19.3. The second-order valence-electron chi connectivity index (χ2n) is 7.22. The van der Waals surface area contributed by atoms with Crippen LogP contribution in [0.4, 0.5) is 4.39 Å². The van der Waals surface area contributed by atoms with E-state index in [4.69, 9.17) is 4.74 Å². The number of methoxy groups -OCH3 is 1. The summed E-state index contributed by atoms with van der Waals surface area (Å²) < 4.78 is 19.2. The number of hydrogen-bond donors (Lipinski definition) is 0. The molecule has 27 heavy (non-hydrogen) atoms. The predicted octanol–water partition coefficient (Wildman–Crippen LogP) is 2.86. The van der Waals surface area contributed by atoms with Crippen LogP contribution in [0.3, 0.4) is 0 Å². The number of rotatable bonds is 3. The molecule has 1 saturated heterocycles. The fourth-order valence-corrected chi connectivity index (χ4v) is 4.37. The maximum Gasteiger partial charge on any atom is 0.255 e. The lowest BCUT2D eigenvalue weighted by molar-refractivity contribution is -0.136. The third-order valence-corrected chi connectivity index (χ3v) is 5.66. The van der Waals surface area contributed by atoms with Crippen molar-refractivity contribution < 1.29 is 18.7 Å². The van der Waals surface area contributed by atoms with Crippen molar-refractivity contribution in [3.63, 3.8) is 0 Å². The van der Waals surface area contributed by atoms with Crippen LogP contribution < -0.4 is 4.74 Å². The predicted molar refractivity (Wildman–Crippen MR) is 97.9 cm³/mol. The van der Waals surface area contributed by atoms with Crippen molar-refractivity contribution in [2.75, 3.05) is 20.7 Å². The van der Waals surface area contributed by atoms with Crippen LogP contribution in [-0.2, 0) is 16.9 Å². The molecule has 0 N–H and O–H groups in total. The number of amides is 2. The minimum absolute atomic E-state index is 0.113. The summed E-state index contributed by atoms with van der Waals surface area (Å²) in [5, 5.41) is 0. The van der Waals surface area contributed by atoms with Gasteiger partial charge in [0, 0.05) is 37.7 Å². The summed E-state index contributed by atoms with van der Waals surface area (Å²) in [7, 11) is 3.33. The van der Waals surface area contributed by atoms with Crippen molar-refractivity contribution in [1.29, 1.82) is 0 Å². The third kappa shape index (κ3) is 2.43. The number of likely N-dealkylation sites (tertiary alicyclic amines) is 1. The number of halogens is 1. The van der Waals surface area contributed by atoms with E-state index < -0.39 is 11.4 Å². The molecule has 0 aromatic heterocycles. The minimum atomic E-state index is -1.06. The van der Waals surface area contributed by atoms with Gasteiger partial charge in [0.1, 0.15) is 11.6 Å². The van der Waals surface area contributed by atoms with Crippen LogP contribution in [0.1, 0.15) is 33.5 Å². The summed E-state index contributed by atoms with van der Waals surface area (Å²) in [6.45, 7) is 2.60. The maximum absolute atomic E-state index is 14.0. The van der Waals surface area contributed by atoms with E-state index in [1.807, 2.05) is 24.3 Å². The molecule has 4 rings (SSSR count). The number of carbonyl (C=O) groups excluding carboxylic acids is 2. The highest BCUT2D eigenvalue weighted by molar-refractivity contribution is 6.08. The van der Waals surface area contributed by atoms with Crippen LogP contribution in [0.5, 0.6) is 5.75 Å². The highest BCUT2D eigenvalue weighted by atomic mass is 19.1. The molecule has 2 aliphatic rings. The van der Waals surface area contributed by atoms with Crippen LogP contribution in [0.15, 0.2) is 36.4 Å². The van der Waals surface area contributed by atoms with Gasteiger partial charge in [-0.2, -0.15) is 0 Å². The van der Waals surface area contributed by atoms with Gasteiger partial charge in [-0.3, -0.25) is 9.59 Å². The van der Waals surface area contributed by atoms with Crippen LogP contribution >= 0.6 is 0 Å². The Hall–Kier alpha value is -2.89. The first-order valence-corrected chi connectivity index (χ1v) is 8.89. The molecule has 2 aromatic rings. The quantitative estimate of drug-likeness (QED) is 0.837.